The summed E-state index contributed by atoms with van der Waals surface area (Å²) in [7, 11) is 0. The molecule has 2 heterocycles. The van der Waals surface area contributed by atoms with Crippen molar-refractivity contribution in [3.8, 4) is 0 Å². The molecule has 3 aromatic rings. The minimum Gasteiger partial charge on any atom is -0.367 e. The van der Waals surface area contributed by atoms with E-state index in [1.807, 2.05) is 24.4 Å². The lowest BCUT2D eigenvalue weighted by Crippen LogP contribution is -2.27. The lowest BCUT2D eigenvalue weighted by atomic mass is 9.93. The molecule has 0 amide bonds. The van der Waals surface area contributed by atoms with Gasteiger partial charge in [-0.3, -0.25) is 0 Å². The fraction of sp³-hybridized carbons (Fsp3) is 0.294. The largest absolute Gasteiger partial charge is 0.367 e. The molecule has 2 aromatic heterocycles. The highest BCUT2D eigenvalue weighted by Crippen LogP contribution is 2.28. The van der Waals surface area contributed by atoms with Gasteiger partial charge in [-0.25, -0.2) is 0 Å². The molecule has 0 saturated heterocycles. The van der Waals surface area contributed by atoms with Gasteiger partial charge in [-0.15, -0.1) is 0 Å². The smallest absolute Gasteiger partial charge is 0.231 e. The van der Waals surface area contributed by atoms with E-state index in [4.69, 9.17) is 0 Å². The number of fused-ring (bicyclic) bond motifs is 1. The van der Waals surface area contributed by atoms with Gasteiger partial charge in [-0.05, 0) is 44.4 Å². The van der Waals surface area contributed by atoms with Crippen molar-refractivity contribution < 1.29 is 0 Å². The van der Waals surface area contributed by atoms with E-state index in [0.717, 1.165) is 22.5 Å². The van der Waals surface area contributed by atoms with Crippen LogP contribution in [-0.4, -0.2) is 21.0 Å². The van der Waals surface area contributed by atoms with Crippen LogP contribution in [0.3, 0.4) is 0 Å². The first-order valence-electron chi connectivity index (χ1n) is 7.73. The fourth-order valence-electron chi connectivity index (χ4n) is 2.62. The van der Waals surface area contributed by atoms with Crippen LogP contribution in [0.25, 0.3) is 11.0 Å². The van der Waals surface area contributed by atoms with E-state index >= 15 is 0 Å². The van der Waals surface area contributed by atoms with Crippen molar-refractivity contribution in [1.29, 1.82) is 0 Å². The molecule has 0 radical (unpaired) electrons. The number of aromatic amines is 1. The van der Waals surface area contributed by atoms with Crippen molar-refractivity contribution in [3.63, 3.8) is 0 Å². The minimum absolute atomic E-state index is 0.542. The molecule has 1 saturated carbocycles. The molecule has 0 unspecified atom stereocenters. The summed E-state index contributed by atoms with van der Waals surface area (Å²) in [5.74, 6) is 1.52. The van der Waals surface area contributed by atoms with Crippen molar-refractivity contribution in [2.75, 3.05) is 10.6 Å². The van der Waals surface area contributed by atoms with E-state index in [1.54, 1.807) is 0 Å². The third-order valence-corrected chi connectivity index (χ3v) is 4.17. The zero-order valence-corrected chi connectivity index (χ0v) is 12.6. The van der Waals surface area contributed by atoms with Crippen LogP contribution in [0.4, 0.5) is 17.5 Å². The number of aromatic nitrogens is 3. The maximum atomic E-state index is 4.66. The summed E-state index contributed by atoms with van der Waals surface area (Å²) in [6.07, 6.45) is 5.64. The number of rotatable bonds is 4. The minimum atomic E-state index is 0.542. The number of nitrogens with one attached hydrogen (secondary N) is 3. The number of H-pyrrole nitrogens is 1. The van der Waals surface area contributed by atoms with Crippen LogP contribution in [0.1, 0.15) is 24.8 Å². The molecule has 5 heteroatoms. The van der Waals surface area contributed by atoms with Crippen LogP contribution in [0.2, 0.25) is 0 Å². The monoisotopic (exact) mass is 293 g/mol. The second kappa shape index (κ2) is 5.33. The summed E-state index contributed by atoms with van der Waals surface area (Å²) < 4.78 is 0. The van der Waals surface area contributed by atoms with Gasteiger partial charge in [0.05, 0.1) is 5.39 Å². The molecule has 0 aliphatic heterocycles. The lowest BCUT2D eigenvalue weighted by molar-refractivity contribution is 0.445. The van der Waals surface area contributed by atoms with Crippen LogP contribution in [-0.2, 0) is 0 Å². The molecule has 3 N–H and O–H groups in total. The molecule has 4 rings (SSSR count). The molecule has 0 atom stereocenters. The van der Waals surface area contributed by atoms with Crippen molar-refractivity contribution in [2.24, 2.45) is 0 Å². The Morgan fingerprint density at radius 2 is 1.91 bits per heavy atom. The van der Waals surface area contributed by atoms with E-state index in [9.17, 15) is 0 Å². The van der Waals surface area contributed by atoms with Crippen molar-refractivity contribution >= 4 is 28.5 Å². The standard InChI is InChI=1S/C17H19N5/c1-11-5-7-13(8-6-11)20-17-21-15-14(9-10-18-15)16(22-17)19-12-3-2-4-12/h5-10,12H,2-4H2,1H3,(H3,18,19,20,21,22). The van der Waals surface area contributed by atoms with Gasteiger partial charge in [0.2, 0.25) is 5.95 Å². The molecule has 0 spiro atoms. The maximum Gasteiger partial charge on any atom is 0.231 e. The molecule has 0 bridgehead atoms. The first kappa shape index (κ1) is 13.1. The summed E-state index contributed by atoms with van der Waals surface area (Å²) in [4.78, 5) is 12.4. The van der Waals surface area contributed by atoms with E-state index in [1.165, 1.54) is 24.8 Å². The van der Waals surface area contributed by atoms with Gasteiger partial charge < -0.3 is 15.6 Å². The van der Waals surface area contributed by atoms with Crippen molar-refractivity contribution in [1.82, 2.24) is 15.0 Å². The molecule has 1 aliphatic rings. The summed E-state index contributed by atoms with van der Waals surface area (Å²) in [5.41, 5.74) is 3.08. The molecule has 1 aliphatic carbocycles. The second-order valence-electron chi connectivity index (χ2n) is 5.90. The van der Waals surface area contributed by atoms with Crippen LogP contribution in [0.5, 0.6) is 0 Å². The Kier molecular flexibility index (Phi) is 3.18. The topological polar surface area (TPSA) is 65.6 Å². The Bertz CT molecular complexity index is 786. The number of hydrogen-bond acceptors (Lipinski definition) is 4. The molecule has 112 valence electrons. The van der Waals surface area contributed by atoms with Gasteiger partial charge in [0, 0.05) is 17.9 Å². The summed E-state index contributed by atoms with van der Waals surface area (Å²) in [6, 6.07) is 10.8. The zero-order chi connectivity index (χ0) is 14.9. The van der Waals surface area contributed by atoms with Crippen LogP contribution in [0.15, 0.2) is 36.5 Å². The summed E-state index contributed by atoms with van der Waals surface area (Å²) in [5, 5.41) is 7.86. The quantitative estimate of drug-likeness (QED) is 0.681. The summed E-state index contributed by atoms with van der Waals surface area (Å²) >= 11 is 0. The third-order valence-electron chi connectivity index (χ3n) is 4.17. The van der Waals surface area contributed by atoms with Gasteiger partial charge in [-0.1, -0.05) is 17.7 Å². The lowest BCUT2D eigenvalue weighted by Gasteiger charge is -2.27. The predicted molar refractivity (Wildman–Crippen MR) is 89.6 cm³/mol. The average Bonchev–Trinajstić information content (AvgIpc) is 2.93. The van der Waals surface area contributed by atoms with Crippen molar-refractivity contribution in [3.05, 3.63) is 42.1 Å². The van der Waals surface area contributed by atoms with Crippen LogP contribution >= 0.6 is 0 Å². The Balaban J connectivity index is 1.66. The van der Waals surface area contributed by atoms with Crippen molar-refractivity contribution in [2.45, 2.75) is 32.2 Å². The number of anilines is 3. The second-order valence-corrected chi connectivity index (χ2v) is 5.90. The molecule has 22 heavy (non-hydrogen) atoms. The van der Waals surface area contributed by atoms with E-state index in [-0.39, 0.29) is 0 Å². The number of nitrogens with zero attached hydrogens (tertiary/aromatic N) is 2. The van der Waals surface area contributed by atoms with Crippen LogP contribution in [0, 0.1) is 6.92 Å². The Hall–Kier alpha value is -2.56. The molecular formula is C17H19N5. The number of benzene rings is 1. The SMILES string of the molecule is Cc1ccc(Nc2nc(NC3CCC3)c3cc[nH]c3n2)cc1. The Morgan fingerprint density at radius 1 is 1.09 bits per heavy atom. The van der Waals surface area contributed by atoms with Gasteiger partial charge >= 0.3 is 0 Å². The first-order valence-corrected chi connectivity index (χ1v) is 7.73. The van der Waals surface area contributed by atoms with E-state index in [2.05, 4.69) is 44.6 Å². The third kappa shape index (κ3) is 2.50. The Labute approximate surface area is 129 Å². The molecule has 1 fully saturated rings. The highest BCUT2D eigenvalue weighted by atomic mass is 15.2. The van der Waals surface area contributed by atoms with E-state index < -0.39 is 0 Å². The Morgan fingerprint density at radius 3 is 2.64 bits per heavy atom. The predicted octanol–water partition coefficient (Wildman–Crippen LogP) is 3.97. The maximum absolute atomic E-state index is 4.66. The van der Waals surface area contributed by atoms with Gasteiger partial charge in [0.25, 0.3) is 0 Å². The van der Waals surface area contributed by atoms with Crippen LogP contribution < -0.4 is 10.6 Å². The fourth-order valence-corrected chi connectivity index (χ4v) is 2.62. The van der Waals surface area contributed by atoms with Gasteiger partial charge in [-0.2, -0.15) is 9.97 Å². The normalized spacial score (nSPS) is 14.8. The molecule has 5 nitrogen and oxygen atoms in total. The highest BCUT2D eigenvalue weighted by Gasteiger charge is 2.19. The van der Waals surface area contributed by atoms with E-state index in [0.29, 0.717) is 12.0 Å². The van der Waals surface area contributed by atoms with Gasteiger partial charge in [0.1, 0.15) is 11.5 Å². The summed E-state index contributed by atoms with van der Waals surface area (Å²) in [6.45, 7) is 2.08. The number of aryl methyl sites for hydroxylation is 1. The first-order chi connectivity index (χ1) is 10.8. The van der Waals surface area contributed by atoms with Gasteiger partial charge in [0.15, 0.2) is 0 Å². The number of hydrogen-bond donors (Lipinski definition) is 3. The molecular weight excluding hydrogens is 274 g/mol. The highest BCUT2D eigenvalue weighted by molar-refractivity contribution is 5.88. The average molecular weight is 293 g/mol. The zero-order valence-electron chi connectivity index (χ0n) is 12.6. The molecule has 1 aromatic carbocycles.